The molecule has 1 saturated heterocycles. The van der Waals surface area contributed by atoms with Gasteiger partial charge in [-0.15, -0.1) is 0 Å². The molecule has 0 bridgehead atoms. The Bertz CT molecular complexity index is 747. The summed E-state index contributed by atoms with van der Waals surface area (Å²) in [6.07, 6.45) is 2.79. The normalized spacial score (nSPS) is 17.3. The first-order valence-electron chi connectivity index (χ1n) is 7.47. The molecule has 1 heterocycles. The third-order valence-corrected chi connectivity index (χ3v) is 5.54. The molecule has 0 radical (unpaired) electrons. The third kappa shape index (κ3) is 4.15. The summed E-state index contributed by atoms with van der Waals surface area (Å²) < 4.78 is 30.9. The Morgan fingerprint density at radius 1 is 1.25 bits per heavy atom. The highest BCUT2D eigenvalue weighted by atomic mass is 32.2. The van der Waals surface area contributed by atoms with Crippen LogP contribution in [0.1, 0.15) is 19.3 Å². The van der Waals surface area contributed by atoms with E-state index in [1.54, 1.807) is 6.07 Å². The minimum absolute atomic E-state index is 0.188. The molecule has 8 nitrogen and oxygen atoms in total. The van der Waals surface area contributed by atoms with Crippen LogP contribution in [0.3, 0.4) is 0 Å². The summed E-state index contributed by atoms with van der Waals surface area (Å²) in [4.78, 5) is 11.4. The number of carbonyl (C=O) groups is 1. The first-order valence-corrected chi connectivity index (χ1v) is 8.91. The van der Waals surface area contributed by atoms with Crippen molar-refractivity contribution >= 4 is 21.7 Å². The average Bonchev–Trinajstić information content (AvgIpc) is 2.63. The molecule has 1 atom stereocenters. The van der Waals surface area contributed by atoms with E-state index in [-0.39, 0.29) is 4.90 Å². The summed E-state index contributed by atoms with van der Waals surface area (Å²) in [6.45, 7) is 1.07. The number of benzene rings is 1. The standard InChI is InChI=1S/C15H18N4O4S/c1-23-15(20)14(11-16)18-17-12-5-7-13(8-6-12)24(21,22)19-9-3-2-4-10-19/h5-8,14H,2-4,9-10H2,1H3. The van der Waals surface area contributed by atoms with E-state index in [0.29, 0.717) is 18.8 Å². The summed E-state index contributed by atoms with van der Waals surface area (Å²) in [7, 11) is -2.34. The van der Waals surface area contributed by atoms with E-state index in [2.05, 4.69) is 15.0 Å². The van der Waals surface area contributed by atoms with E-state index in [9.17, 15) is 13.2 Å². The predicted octanol–water partition coefficient (Wildman–Crippen LogP) is 2.01. The monoisotopic (exact) mass is 350 g/mol. The van der Waals surface area contributed by atoms with Crippen molar-refractivity contribution in [3.05, 3.63) is 24.3 Å². The summed E-state index contributed by atoms with van der Waals surface area (Å²) in [5, 5.41) is 16.2. The third-order valence-electron chi connectivity index (χ3n) is 3.62. The second-order valence-electron chi connectivity index (χ2n) is 5.23. The zero-order chi connectivity index (χ0) is 17.6. The Hall–Kier alpha value is -2.31. The predicted molar refractivity (Wildman–Crippen MR) is 85.0 cm³/mol. The van der Waals surface area contributed by atoms with Crippen LogP contribution in [-0.2, 0) is 19.6 Å². The molecule has 1 aromatic carbocycles. The quantitative estimate of drug-likeness (QED) is 0.595. The van der Waals surface area contributed by atoms with Crippen LogP contribution in [0.2, 0.25) is 0 Å². The Labute approximate surface area is 140 Å². The first kappa shape index (κ1) is 18.0. The molecule has 0 aromatic heterocycles. The van der Waals surface area contributed by atoms with Crippen LogP contribution >= 0.6 is 0 Å². The van der Waals surface area contributed by atoms with Gasteiger partial charge in [-0.25, -0.2) is 13.2 Å². The molecule has 0 aliphatic carbocycles. The molecule has 1 fully saturated rings. The number of hydrogen-bond acceptors (Lipinski definition) is 7. The molecule has 1 unspecified atom stereocenters. The van der Waals surface area contributed by atoms with Crippen LogP contribution in [0.15, 0.2) is 39.4 Å². The maximum atomic E-state index is 12.5. The van der Waals surface area contributed by atoms with Crippen molar-refractivity contribution in [1.82, 2.24) is 4.31 Å². The lowest BCUT2D eigenvalue weighted by Gasteiger charge is -2.25. The highest BCUT2D eigenvalue weighted by Crippen LogP contribution is 2.23. The van der Waals surface area contributed by atoms with Gasteiger partial charge in [-0.1, -0.05) is 6.42 Å². The Morgan fingerprint density at radius 3 is 2.42 bits per heavy atom. The van der Waals surface area contributed by atoms with Gasteiger partial charge in [-0.2, -0.15) is 19.8 Å². The minimum atomic E-state index is -3.50. The molecule has 0 amide bonds. The van der Waals surface area contributed by atoms with Gasteiger partial charge in [0.25, 0.3) is 6.04 Å². The maximum Gasteiger partial charge on any atom is 0.347 e. The molecule has 1 aliphatic rings. The van der Waals surface area contributed by atoms with Gasteiger partial charge in [0.05, 0.1) is 17.7 Å². The number of esters is 1. The van der Waals surface area contributed by atoms with Crippen LogP contribution in [0.4, 0.5) is 5.69 Å². The molecule has 0 spiro atoms. The van der Waals surface area contributed by atoms with Crippen LogP contribution < -0.4 is 0 Å². The van der Waals surface area contributed by atoms with Crippen molar-refractivity contribution in [2.24, 2.45) is 10.2 Å². The lowest BCUT2D eigenvalue weighted by molar-refractivity contribution is -0.140. The molecular formula is C15H18N4O4S. The van der Waals surface area contributed by atoms with Gasteiger partial charge in [0, 0.05) is 13.1 Å². The summed E-state index contributed by atoms with van der Waals surface area (Å²) in [5.41, 5.74) is 0.344. The van der Waals surface area contributed by atoms with Crippen molar-refractivity contribution in [3.63, 3.8) is 0 Å². The number of carbonyl (C=O) groups excluding carboxylic acids is 1. The lowest BCUT2D eigenvalue weighted by atomic mass is 10.2. The van der Waals surface area contributed by atoms with Gasteiger partial charge < -0.3 is 4.74 Å². The SMILES string of the molecule is COC(=O)C(C#N)N=Nc1ccc(S(=O)(=O)N2CCCCC2)cc1. The molecule has 2 rings (SSSR count). The fourth-order valence-electron chi connectivity index (χ4n) is 2.30. The van der Waals surface area contributed by atoms with Crippen molar-refractivity contribution in [2.75, 3.05) is 20.2 Å². The summed E-state index contributed by atoms with van der Waals surface area (Å²) in [6, 6.07) is 6.16. The molecule has 128 valence electrons. The van der Waals surface area contributed by atoms with Crippen molar-refractivity contribution in [1.29, 1.82) is 5.26 Å². The number of hydrogen-bond donors (Lipinski definition) is 0. The van der Waals surface area contributed by atoms with E-state index in [1.807, 2.05) is 0 Å². The maximum absolute atomic E-state index is 12.5. The zero-order valence-electron chi connectivity index (χ0n) is 13.3. The van der Waals surface area contributed by atoms with Crippen molar-refractivity contribution < 1.29 is 17.9 Å². The lowest BCUT2D eigenvalue weighted by Crippen LogP contribution is -2.35. The molecule has 1 aromatic rings. The highest BCUT2D eigenvalue weighted by molar-refractivity contribution is 7.89. The van der Waals surface area contributed by atoms with E-state index < -0.39 is 22.0 Å². The van der Waals surface area contributed by atoms with Gasteiger partial charge in [-0.3, -0.25) is 0 Å². The van der Waals surface area contributed by atoms with Crippen LogP contribution in [0.25, 0.3) is 0 Å². The largest absolute Gasteiger partial charge is 0.467 e. The first-order chi connectivity index (χ1) is 11.5. The minimum Gasteiger partial charge on any atom is -0.467 e. The number of nitriles is 1. The van der Waals surface area contributed by atoms with Crippen molar-refractivity contribution in [2.45, 2.75) is 30.2 Å². The molecule has 24 heavy (non-hydrogen) atoms. The highest BCUT2D eigenvalue weighted by Gasteiger charge is 2.25. The molecular weight excluding hydrogens is 332 g/mol. The van der Waals surface area contributed by atoms with Crippen LogP contribution in [0.5, 0.6) is 0 Å². The number of methoxy groups -OCH3 is 1. The van der Waals surface area contributed by atoms with E-state index in [0.717, 1.165) is 26.4 Å². The van der Waals surface area contributed by atoms with E-state index in [1.165, 1.54) is 28.6 Å². The van der Waals surface area contributed by atoms with Gasteiger partial charge in [0.2, 0.25) is 10.0 Å². The van der Waals surface area contributed by atoms with Gasteiger partial charge in [0.15, 0.2) is 0 Å². The van der Waals surface area contributed by atoms with Crippen molar-refractivity contribution in [3.8, 4) is 6.07 Å². The van der Waals surface area contributed by atoms with E-state index >= 15 is 0 Å². The smallest absolute Gasteiger partial charge is 0.347 e. The Morgan fingerprint density at radius 2 is 1.88 bits per heavy atom. The summed E-state index contributed by atoms with van der Waals surface area (Å²) in [5.74, 6) is -0.800. The second-order valence-corrected chi connectivity index (χ2v) is 7.17. The number of ether oxygens (including phenoxy) is 1. The fraction of sp³-hybridized carbons (Fsp3) is 0.467. The van der Waals surface area contributed by atoms with Crippen LogP contribution in [0, 0.1) is 11.3 Å². The average molecular weight is 350 g/mol. The number of rotatable bonds is 5. The fourth-order valence-corrected chi connectivity index (χ4v) is 3.82. The molecule has 0 N–H and O–H groups in total. The zero-order valence-corrected chi connectivity index (χ0v) is 14.1. The molecule has 0 saturated carbocycles. The molecule has 9 heteroatoms. The molecule has 1 aliphatic heterocycles. The second kappa shape index (κ2) is 7.99. The Kier molecular flexibility index (Phi) is 6.00. The van der Waals surface area contributed by atoms with Gasteiger partial charge in [0.1, 0.15) is 6.07 Å². The number of azo groups is 1. The Balaban J connectivity index is 2.13. The van der Waals surface area contributed by atoms with Gasteiger partial charge in [-0.05, 0) is 37.1 Å². The number of nitrogens with zero attached hydrogens (tertiary/aromatic N) is 4. The number of piperidine rings is 1. The number of sulfonamides is 1. The topological polar surface area (TPSA) is 112 Å². The van der Waals surface area contributed by atoms with E-state index in [4.69, 9.17) is 5.26 Å². The summed E-state index contributed by atoms with van der Waals surface area (Å²) >= 11 is 0. The van der Waals surface area contributed by atoms with Crippen LogP contribution in [-0.4, -0.2) is 44.9 Å². The van der Waals surface area contributed by atoms with Gasteiger partial charge >= 0.3 is 5.97 Å².